The van der Waals surface area contributed by atoms with Gasteiger partial charge in [-0.05, 0) is 24.1 Å². The van der Waals surface area contributed by atoms with Gasteiger partial charge in [0.05, 0.1) is 17.1 Å². The van der Waals surface area contributed by atoms with Crippen LogP contribution in [-0.2, 0) is 6.42 Å². The zero-order valence-electron chi connectivity index (χ0n) is 13.6. The fourth-order valence-corrected chi connectivity index (χ4v) is 3.54. The first kappa shape index (κ1) is 15.5. The molecule has 0 saturated carbocycles. The predicted molar refractivity (Wildman–Crippen MR) is 95.7 cm³/mol. The highest BCUT2D eigenvalue weighted by atomic mass is 16.6. The second-order valence-corrected chi connectivity index (χ2v) is 6.33. The van der Waals surface area contributed by atoms with Crippen molar-refractivity contribution in [2.24, 2.45) is 0 Å². The summed E-state index contributed by atoms with van der Waals surface area (Å²) in [6, 6.07) is 14.5. The van der Waals surface area contributed by atoms with Crippen LogP contribution in [-0.4, -0.2) is 21.1 Å². The molecule has 0 aliphatic heterocycles. The van der Waals surface area contributed by atoms with Gasteiger partial charge in [-0.15, -0.1) is 0 Å². The fourth-order valence-electron chi connectivity index (χ4n) is 3.54. The fraction of sp³-hybridized carbons (Fsp3) is 0.211. The lowest BCUT2D eigenvalue weighted by atomic mass is 10.1. The zero-order chi connectivity index (χ0) is 17.6. The summed E-state index contributed by atoms with van der Waals surface area (Å²) in [5.41, 5.74) is 3.95. The van der Waals surface area contributed by atoms with Crippen LogP contribution in [0.2, 0.25) is 0 Å². The van der Waals surface area contributed by atoms with Crippen molar-refractivity contribution in [1.29, 1.82) is 0 Å². The highest BCUT2D eigenvalue weighted by Crippen LogP contribution is 2.37. The molecule has 3 aromatic rings. The van der Waals surface area contributed by atoms with E-state index in [1.807, 2.05) is 36.4 Å². The Balaban J connectivity index is 1.83. The van der Waals surface area contributed by atoms with E-state index in [4.69, 9.17) is 0 Å². The SMILES string of the molecule is Cc1cc(N[C@H]2c3ccccc3C[C@H]2O)c2cccc([N+](=O)[O-])c2n1. The van der Waals surface area contributed by atoms with Crippen LogP contribution in [0.1, 0.15) is 22.9 Å². The number of pyridine rings is 1. The standard InChI is InChI=1S/C19H17N3O3/c1-11-9-15(14-7-4-8-16(22(24)25)18(14)20-11)21-19-13-6-3-2-5-12(13)10-17(19)23/h2-9,17,19,23H,10H2,1H3,(H,20,21)/t17-,19+/m1/s1. The highest BCUT2D eigenvalue weighted by molar-refractivity contribution is 5.96. The molecule has 0 bridgehead atoms. The number of rotatable bonds is 3. The number of nitrogens with one attached hydrogen (secondary N) is 1. The third kappa shape index (κ3) is 2.60. The Bertz CT molecular complexity index is 987. The Morgan fingerprint density at radius 2 is 2.04 bits per heavy atom. The third-order valence-corrected chi connectivity index (χ3v) is 4.66. The number of nitrogens with zero attached hydrogens (tertiary/aromatic N) is 2. The number of fused-ring (bicyclic) bond motifs is 2. The van der Waals surface area contributed by atoms with E-state index in [1.54, 1.807) is 13.0 Å². The molecule has 1 aromatic heterocycles. The number of anilines is 1. The van der Waals surface area contributed by atoms with E-state index in [0.29, 0.717) is 23.0 Å². The van der Waals surface area contributed by atoms with Gasteiger partial charge in [0.25, 0.3) is 5.69 Å². The minimum atomic E-state index is -0.542. The number of aryl methyl sites for hydroxylation is 1. The Morgan fingerprint density at radius 1 is 1.24 bits per heavy atom. The molecule has 2 atom stereocenters. The predicted octanol–water partition coefficient (Wildman–Crippen LogP) is 3.52. The maximum atomic E-state index is 11.3. The third-order valence-electron chi connectivity index (χ3n) is 4.66. The first-order valence-electron chi connectivity index (χ1n) is 8.12. The summed E-state index contributed by atoms with van der Waals surface area (Å²) in [5, 5.41) is 25.8. The molecule has 0 saturated heterocycles. The topological polar surface area (TPSA) is 88.3 Å². The number of benzene rings is 2. The summed E-state index contributed by atoms with van der Waals surface area (Å²) in [6.45, 7) is 1.81. The molecule has 0 spiro atoms. The first-order chi connectivity index (χ1) is 12.0. The minimum absolute atomic E-state index is 0.0170. The Morgan fingerprint density at radius 3 is 2.84 bits per heavy atom. The van der Waals surface area contributed by atoms with Crippen LogP contribution in [0, 0.1) is 17.0 Å². The van der Waals surface area contributed by atoms with Crippen molar-refractivity contribution in [3.63, 3.8) is 0 Å². The van der Waals surface area contributed by atoms with Crippen molar-refractivity contribution in [1.82, 2.24) is 4.98 Å². The normalized spacial score (nSPS) is 19.0. The van der Waals surface area contributed by atoms with Crippen LogP contribution >= 0.6 is 0 Å². The second-order valence-electron chi connectivity index (χ2n) is 6.33. The van der Waals surface area contributed by atoms with Crippen LogP contribution in [0.3, 0.4) is 0 Å². The van der Waals surface area contributed by atoms with Crippen LogP contribution < -0.4 is 5.32 Å². The number of nitro groups is 1. The molecule has 2 N–H and O–H groups in total. The van der Waals surface area contributed by atoms with E-state index >= 15 is 0 Å². The van der Waals surface area contributed by atoms with Crippen LogP contribution in [0.25, 0.3) is 10.9 Å². The van der Waals surface area contributed by atoms with Crippen LogP contribution in [0.5, 0.6) is 0 Å². The smallest absolute Gasteiger partial charge is 0.295 e. The van der Waals surface area contributed by atoms with Gasteiger partial charge in [-0.3, -0.25) is 10.1 Å². The van der Waals surface area contributed by atoms with Gasteiger partial charge in [-0.25, -0.2) is 4.98 Å². The number of aliphatic hydroxyl groups excluding tert-OH is 1. The van der Waals surface area contributed by atoms with Crippen molar-refractivity contribution in [3.05, 3.63) is 75.5 Å². The van der Waals surface area contributed by atoms with Gasteiger partial charge in [0, 0.05) is 29.3 Å². The van der Waals surface area contributed by atoms with E-state index < -0.39 is 11.0 Å². The van der Waals surface area contributed by atoms with Crippen molar-refractivity contribution in [2.45, 2.75) is 25.5 Å². The molecular formula is C19H17N3O3. The summed E-state index contributed by atoms with van der Waals surface area (Å²) in [4.78, 5) is 15.2. The van der Waals surface area contributed by atoms with Crippen molar-refractivity contribution >= 4 is 22.3 Å². The molecule has 2 aromatic carbocycles. The number of aliphatic hydroxyl groups is 1. The molecule has 1 heterocycles. The molecule has 0 unspecified atom stereocenters. The number of hydrogen-bond acceptors (Lipinski definition) is 5. The molecule has 6 heteroatoms. The molecule has 4 rings (SSSR count). The molecule has 1 aliphatic rings. The summed E-state index contributed by atoms with van der Waals surface area (Å²) < 4.78 is 0. The van der Waals surface area contributed by atoms with Gasteiger partial charge in [-0.2, -0.15) is 0 Å². The maximum absolute atomic E-state index is 11.3. The second kappa shape index (κ2) is 5.82. The van der Waals surface area contributed by atoms with Crippen molar-refractivity contribution < 1.29 is 10.0 Å². The molecule has 25 heavy (non-hydrogen) atoms. The molecule has 126 valence electrons. The highest BCUT2D eigenvalue weighted by Gasteiger charge is 2.31. The van der Waals surface area contributed by atoms with E-state index in [9.17, 15) is 15.2 Å². The monoisotopic (exact) mass is 335 g/mol. The zero-order valence-corrected chi connectivity index (χ0v) is 13.6. The molecule has 0 amide bonds. The lowest BCUT2D eigenvalue weighted by Crippen LogP contribution is -2.21. The van der Waals surface area contributed by atoms with Crippen molar-refractivity contribution in [3.8, 4) is 0 Å². The van der Waals surface area contributed by atoms with E-state index in [2.05, 4.69) is 10.3 Å². The van der Waals surface area contributed by atoms with Gasteiger partial charge >= 0.3 is 0 Å². The molecule has 6 nitrogen and oxygen atoms in total. The molecule has 1 aliphatic carbocycles. The summed E-state index contributed by atoms with van der Waals surface area (Å²) in [5.74, 6) is 0. The summed E-state index contributed by atoms with van der Waals surface area (Å²) in [6.07, 6.45) is 0.0512. The van der Waals surface area contributed by atoms with Gasteiger partial charge in [0.1, 0.15) is 0 Å². The van der Waals surface area contributed by atoms with E-state index in [-0.39, 0.29) is 11.7 Å². The molecular weight excluding hydrogens is 318 g/mol. The van der Waals surface area contributed by atoms with Crippen molar-refractivity contribution in [2.75, 3.05) is 5.32 Å². The number of aromatic nitrogens is 1. The van der Waals surface area contributed by atoms with E-state index in [0.717, 1.165) is 16.8 Å². The Kier molecular flexibility index (Phi) is 3.62. The maximum Gasteiger partial charge on any atom is 0.295 e. The quantitative estimate of drug-likeness (QED) is 0.565. The van der Waals surface area contributed by atoms with Gasteiger partial charge < -0.3 is 10.4 Å². The van der Waals surface area contributed by atoms with E-state index in [1.165, 1.54) is 6.07 Å². The first-order valence-corrected chi connectivity index (χ1v) is 8.12. The lowest BCUT2D eigenvalue weighted by molar-refractivity contribution is -0.383. The molecule has 0 fully saturated rings. The van der Waals surface area contributed by atoms with Crippen LogP contribution in [0.15, 0.2) is 48.5 Å². The summed E-state index contributed by atoms with van der Waals surface area (Å²) in [7, 11) is 0. The molecule has 0 radical (unpaired) electrons. The Labute approximate surface area is 144 Å². The minimum Gasteiger partial charge on any atom is -0.390 e. The average Bonchev–Trinajstić information content (AvgIpc) is 2.90. The number of hydrogen-bond donors (Lipinski definition) is 2. The lowest BCUT2D eigenvalue weighted by Gasteiger charge is -2.20. The van der Waals surface area contributed by atoms with Gasteiger partial charge in [-0.1, -0.05) is 36.4 Å². The summed E-state index contributed by atoms with van der Waals surface area (Å²) >= 11 is 0. The average molecular weight is 335 g/mol. The van der Waals surface area contributed by atoms with Gasteiger partial charge in [0.15, 0.2) is 5.52 Å². The van der Waals surface area contributed by atoms with Gasteiger partial charge in [0.2, 0.25) is 0 Å². The number of para-hydroxylation sites is 1. The Hall–Kier alpha value is -2.99. The number of nitro benzene ring substituents is 1. The largest absolute Gasteiger partial charge is 0.390 e. The van der Waals surface area contributed by atoms with Crippen LogP contribution in [0.4, 0.5) is 11.4 Å². The number of non-ortho nitro benzene ring substituents is 1.